The quantitative estimate of drug-likeness (QED) is 0.365. The second kappa shape index (κ2) is 7.86. The summed E-state index contributed by atoms with van der Waals surface area (Å²) in [5, 5.41) is 2.29. The second-order valence-corrected chi connectivity index (χ2v) is 8.18. The highest BCUT2D eigenvalue weighted by Gasteiger charge is 2.25. The first-order chi connectivity index (χ1) is 15.1. The predicted octanol–water partition coefficient (Wildman–Crippen LogP) is 6.21. The zero-order valence-electron chi connectivity index (χ0n) is 18.3. The van der Waals surface area contributed by atoms with Crippen molar-refractivity contribution in [1.29, 1.82) is 0 Å². The van der Waals surface area contributed by atoms with Crippen LogP contribution in [0, 0.1) is 6.92 Å². The Balaban J connectivity index is 1.61. The van der Waals surface area contributed by atoms with E-state index in [0.29, 0.717) is 11.1 Å². The summed E-state index contributed by atoms with van der Waals surface area (Å²) in [6, 6.07) is 18.3. The molecule has 1 saturated heterocycles. The van der Waals surface area contributed by atoms with Gasteiger partial charge in [-0.15, -0.1) is 0 Å². The molecule has 31 heavy (non-hydrogen) atoms. The molecule has 1 aliphatic rings. The average molecular weight is 414 g/mol. The molecule has 4 heteroatoms. The van der Waals surface area contributed by atoms with Crippen LogP contribution in [0.2, 0.25) is 0 Å². The van der Waals surface area contributed by atoms with Gasteiger partial charge in [-0.3, -0.25) is 4.79 Å². The maximum Gasteiger partial charge on any atom is 0.193 e. The zero-order valence-corrected chi connectivity index (χ0v) is 18.3. The van der Waals surface area contributed by atoms with Gasteiger partial charge in [-0.25, -0.2) is 0 Å². The van der Waals surface area contributed by atoms with Crippen molar-refractivity contribution in [2.24, 2.45) is 0 Å². The van der Waals surface area contributed by atoms with Gasteiger partial charge >= 0.3 is 0 Å². The Labute approximate surface area is 182 Å². The fraction of sp³-hybridized carbons (Fsp3) is 0.296. The molecule has 1 fully saturated rings. The SMILES string of the molecule is CCn1c2ccccc2c2cc(C(=O)c3ccc(C4CCCO4)c(OC)c3C)ccc21. The molecule has 0 amide bonds. The van der Waals surface area contributed by atoms with Crippen LogP contribution in [0.15, 0.2) is 54.6 Å². The van der Waals surface area contributed by atoms with Gasteiger partial charge in [0.15, 0.2) is 5.78 Å². The zero-order chi connectivity index (χ0) is 21.5. The van der Waals surface area contributed by atoms with Gasteiger partial charge in [0.05, 0.1) is 13.2 Å². The molecule has 0 radical (unpaired) electrons. The number of aryl methyl sites for hydroxylation is 1. The minimum Gasteiger partial charge on any atom is -0.496 e. The van der Waals surface area contributed by atoms with Crippen LogP contribution >= 0.6 is 0 Å². The molecule has 5 rings (SSSR count). The number of hydrogen-bond acceptors (Lipinski definition) is 3. The number of aromatic nitrogens is 1. The number of carbonyl (C=O) groups excluding carboxylic acids is 1. The molecule has 1 aliphatic heterocycles. The molecule has 1 atom stereocenters. The molecule has 0 N–H and O–H groups in total. The number of methoxy groups -OCH3 is 1. The smallest absolute Gasteiger partial charge is 0.193 e. The third-order valence-corrected chi connectivity index (χ3v) is 6.51. The molecule has 1 unspecified atom stereocenters. The van der Waals surface area contributed by atoms with E-state index in [1.165, 1.54) is 10.9 Å². The van der Waals surface area contributed by atoms with Crippen LogP contribution in [0.5, 0.6) is 5.75 Å². The minimum absolute atomic E-state index is 0.0184. The van der Waals surface area contributed by atoms with E-state index < -0.39 is 0 Å². The van der Waals surface area contributed by atoms with Crippen molar-refractivity contribution in [3.8, 4) is 5.75 Å². The molecule has 0 saturated carbocycles. The summed E-state index contributed by atoms with van der Waals surface area (Å²) in [5.41, 5.74) is 5.64. The molecular weight excluding hydrogens is 386 g/mol. The summed E-state index contributed by atoms with van der Waals surface area (Å²) in [7, 11) is 1.67. The van der Waals surface area contributed by atoms with Gasteiger partial charge in [0.25, 0.3) is 0 Å². The highest BCUT2D eigenvalue weighted by atomic mass is 16.5. The number of rotatable bonds is 5. The van der Waals surface area contributed by atoms with Crippen LogP contribution in [0.4, 0.5) is 0 Å². The number of nitrogens with zero attached hydrogens (tertiary/aromatic N) is 1. The van der Waals surface area contributed by atoms with E-state index in [9.17, 15) is 4.79 Å². The number of ketones is 1. The van der Waals surface area contributed by atoms with E-state index >= 15 is 0 Å². The second-order valence-electron chi connectivity index (χ2n) is 8.18. The van der Waals surface area contributed by atoms with E-state index in [-0.39, 0.29) is 11.9 Å². The summed E-state index contributed by atoms with van der Waals surface area (Å²) in [5.74, 6) is 0.784. The van der Waals surface area contributed by atoms with Gasteiger partial charge in [0.1, 0.15) is 5.75 Å². The van der Waals surface area contributed by atoms with Gasteiger partial charge in [-0.1, -0.05) is 30.3 Å². The van der Waals surface area contributed by atoms with E-state index in [0.717, 1.165) is 53.8 Å². The van der Waals surface area contributed by atoms with Crippen LogP contribution < -0.4 is 4.74 Å². The number of para-hydroxylation sites is 1. The van der Waals surface area contributed by atoms with Crippen molar-refractivity contribution in [3.63, 3.8) is 0 Å². The van der Waals surface area contributed by atoms with Crippen LogP contribution in [0.3, 0.4) is 0 Å². The van der Waals surface area contributed by atoms with Crippen molar-refractivity contribution >= 4 is 27.6 Å². The molecule has 4 nitrogen and oxygen atoms in total. The van der Waals surface area contributed by atoms with Gasteiger partial charge < -0.3 is 14.0 Å². The van der Waals surface area contributed by atoms with Crippen molar-refractivity contribution in [2.45, 2.75) is 39.3 Å². The lowest BCUT2D eigenvalue weighted by Crippen LogP contribution is -2.08. The van der Waals surface area contributed by atoms with E-state index in [1.807, 2.05) is 31.2 Å². The first-order valence-corrected chi connectivity index (χ1v) is 11.0. The van der Waals surface area contributed by atoms with Crippen LogP contribution in [-0.2, 0) is 11.3 Å². The maximum atomic E-state index is 13.5. The lowest BCUT2D eigenvalue weighted by atomic mass is 9.93. The highest BCUT2D eigenvalue weighted by Crippen LogP contribution is 2.38. The standard InChI is InChI=1S/C27H27NO3/c1-4-28-23-9-6-5-8-20(23)22-16-18(11-14-24(22)28)26(29)19-12-13-21(25-10-7-15-31-25)27(30-3)17(19)2/h5-6,8-9,11-14,16,25H,4,7,10,15H2,1-3H3. The Morgan fingerprint density at radius 1 is 1.10 bits per heavy atom. The molecule has 158 valence electrons. The number of carbonyl (C=O) groups is 1. The lowest BCUT2D eigenvalue weighted by Gasteiger charge is -2.18. The Morgan fingerprint density at radius 2 is 1.90 bits per heavy atom. The monoisotopic (exact) mass is 413 g/mol. The Hall–Kier alpha value is -3.11. The van der Waals surface area contributed by atoms with Crippen LogP contribution in [0.25, 0.3) is 21.8 Å². The molecular formula is C27H27NO3. The van der Waals surface area contributed by atoms with Crippen LogP contribution in [0.1, 0.15) is 52.9 Å². The summed E-state index contributed by atoms with van der Waals surface area (Å²) in [6.07, 6.45) is 2.09. The van der Waals surface area contributed by atoms with Crippen molar-refractivity contribution in [1.82, 2.24) is 4.57 Å². The Bertz CT molecular complexity index is 1300. The number of benzene rings is 3. The number of ether oxygens (including phenoxy) is 2. The van der Waals surface area contributed by atoms with Crippen molar-refractivity contribution in [3.05, 3.63) is 76.9 Å². The molecule has 0 spiro atoms. The molecule has 0 aliphatic carbocycles. The summed E-state index contributed by atoms with van der Waals surface area (Å²) in [6.45, 7) is 5.78. The fourth-order valence-corrected chi connectivity index (χ4v) is 5.00. The van der Waals surface area contributed by atoms with Crippen molar-refractivity contribution < 1.29 is 14.3 Å². The molecule has 2 heterocycles. The van der Waals surface area contributed by atoms with Crippen molar-refractivity contribution in [2.75, 3.05) is 13.7 Å². The summed E-state index contributed by atoms with van der Waals surface area (Å²) >= 11 is 0. The van der Waals surface area contributed by atoms with E-state index in [2.05, 4.69) is 41.8 Å². The third kappa shape index (κ3) is 3.14. The Morgan fingerprint density at radius 3 is 2.65 bits per heavy atom. The van der Waals surface area contributed by atoms with Gasteiger partial charge in [-0.05, 0) is 51.0 Å². The fourth-order valence-electron chi connectivity index (χ4n) is 5.00. The van der Waals surface area contributed by atoms with Crippen LogP contribution in [-0.4, -0.2) is 24.1 Å². The Kier molecular flexibility index (Phi) is 5.03. The molecule has 4 aromatic rings. The average Bonchev–Trinajstić information content (AvgIpc) is 3.44. The first kappa shape index (κ1) is 19.8. The lowest BCUT2D eigenvalue weighted by molar-refractivity contribution is 0.103. The summed E-state index contributed by atoms with van der Waals surface area (Å²) < 4.78 is 13.9. The molecule has 1 aromatic heterocycles. The van der Waals surface area contributed by atoms with E-state index in [1.54, 1.807) is 7.11 Å². The maximum absolute atomic E-state index is 13.5. The van der Waals surface area contributed by atoms with Gasteiger partial charge in [0.2, 0.25) is 0 Å². The number of fused-ring (bicyclic) bond motifs is 3. The normalized spacial score (nSPS) is 16.3. The minimum atomic E-state index is 0.0184. The topological polar surface area (TPSA) is 40.5 Å². The number of hydrogen-bond donors (Lipinski definition) is 0. The molecule has 3 aromatic carbocycles. The largest absolute Gasteiger partial charge is 0.496 e. The van der Waals surface area contributed by atoms with Gasteiger partial charge in [-0.2, -0.15) is 0 Å². The predicted molar refractivity (Wildman–Crippen MR) is 124 cm³/mol. The molecule has 0 bridgehead atoms. The summed E-state index contributed by atoms with van der Waals surface area (Å²) in [4.78, 5) is 13.5. The highest BCUT2D eigenvalue weighted by molar-refractivity contribution is 6.15. The van der Waals surface area contributed by atoms with Gasteiger partial charge in [0, 0.05) is 57.2 Å². The third-order valence-electron chi connectivity index (χ3n) is 6.51. The van der Waals surface area contributed by atoms with E-state index in [4.69, 9.17) is 9.47 Å². The first-order valence-electron chi connectivity index (χ1n) is 11.0.